The Morgan fingerprint density at radius 3 is 2.50 bits per heavy atom. The highest BCUT2D eigenvalue weighted by atomic mass is 19.3. The van der Waals surface area contributed by atoms with Crippen molar-refractivity contribution in [2.24, 2.45) is 11.7 Å². The average molecular weight is 358 g/mol. The molecule has 0 saturated heterocycles. The molecule has 1 saturated carbocycles. The predicted octanol–water partition coefficient (Wildman–Crippen LogP) is 3.74. The Morgan fingerprint density at radius 1 is 1.08 bits per heavy atom. The number of benzene rings is 2. The Kier molecular flexibility index (Phi) is 4.67. The summed E-state index contributed by atoms with van der Waals surface area (Å²) in [5, 5.41) is 0. The highest BCUT2D eigenvalue weighted by Gasteiger charge is 2.57. The van der Waals surface area contributed by atoms with Crippen molar-refractivity contribution < 1.29 is 13.5 Å². The van der Waals surface area contributed by atoms with Crippen LogP contribution in [0.2, 0.25) is 0 Å². The van der Waals surface area contributed by atoms with Gasteiger partial charge in [-0.3, -0.25) is 4.90 Å². The molecule has 1 atom stereocenters. The van der Waals surface area contributed by atoms with E-state index in [9.17, 15) is 8.78 Å². The molecule has 1 aliphatic heterocycles. The SMILES string of the molecule is NCc1ccc(CN2CCc3cc(OCC4CC4(F)F)ccc3C2)cc1. The van der Waals surface area contributed by atoms with E-state index in [1.54, 1.807) is 0 Å². The summed E-state index contributed by atoms with van der Waals surface area (Å²) in [6.07, 6.45) is 0.909. The zero-order valence-electron chi connectivity index (χ0n) is 14.8. The lowest BCUT2D eigenvalue weighted by atomic mass is 9.99. The number of nitrogens with zero attached hydrogens (tertiary/aromatic N) is 1. The molecule has 0 amide bonds. The van der Waals surface area contributed by atoms with E-state index >= 15 is 0 Å². The fourth-order valence-electron chi connectivity index (χ4n) is 3.50. The van der Waals surface area contributed by atoms with Crippen LogP contribution in [0.1, 0.15) is 28.7 Å². The minimum atomic E-state index is -2.52. The molecule has 1 unspecified atom stereocenters. The van der Waals surface area contributed by atoms with E-state index in [-0.39, 0.29) is 13.0 Å². The van der Waals surface area contributed by atoms with Crippen molar-refractivity contribution in [1.29, 1.82) is 0 Å². The number of halogens is 2. The topological polar surface area (TPSA) is 38.5 Å². The van der Waals surface area contributed by atoms with Gasteiger partial charge in [0.1, 0.15) is 5.75 Å². The van der Waals surface area contributed by atoms with Crippen LogP contribution in [0.3, 0.4) is 0 Å². The van der Waals surface area contributed by atoms with Gasteiger partial charge in [0.25, 0.3) is 5.92 Å². The number of nitrogens with two attached hydrogens (primary N) is 1. The molecule has 138 valence electrons. The van der Waals surface area contributed by atoms with E-state index in [0.29, 0.717) is 12.3 Å². The molecular formula is C21H24F2N2O. The number of rotatable bonds is 6. The first kappa shape index (κ1) is 17.4. The van der Waals surface area contributed by atoms with Gasteiger partial charge in [0.2, 0.25) is 0 Å². The second kappa shape index (κ2) is 6.97. The Bertz CT molecular complexity index is 776. The molecule has 0 bridgehead atoms. The van der Waals surface area contributed by atoms with Gasteiger partial charge in [-0.2, -0.15) is 0 Å². The van der Waals surface area contributed by atoms with Gasteiger partial charge < -0.3 is 10.5 Å². The van der Waals surface area contributed by atoms with Crippen LogP contribution in [0.4, 0.5) is 8.78 Å². The van der Waals surface area contributed by atoms with Crippen molar-refractivity contribution in [3.8, 4) is 5.75 Å². The summed E-state index contributed by atoms with van der Waals surface area (Å²) < 4.78 is 31.5. The quantitative estimate of drug-likeness (QED) is 0.855. The molecular weight excluding hydrogens is 334 g/mol. The van der Waals surface area contributed by atoms with Crippen molar-refractivity contribution in [3.05, 3.63) is 64.7 Å². The van der Waals surface area contributed by atoms with Gasteiger partial charge in [-0.25, -0.2) is 8.78 Å². The molecule has 1 fully saturated rings. The molecule has 2 N–H and O–H groups in total. The van der Waals surface area contributed by atoms with Crippen LogP contribution in [0.5, 0.6) is 5.75 Å². The van der Waals surface area contributed by atoms with Gasteiger partial charge in [-0.15, -0.1) is 0 Å². The maximum Gasteiger partial charge on any atom is 0.255 e. The minimum absolute atomic E-state index is 0.0425. The van der Waals surface area contributed by atoms with Crippen LogP contribution >= 0.6 is 0 Å². The molecule has 1 aliphatic carbocycles. The van der Waals surface area contributed by atoms with E-state index in [0.717, 1.165) is 31.6 Å². The third-order valence-corrected chi connectivity index (χ3v) is 5.34. The molecule has 0 spiro atoms. The lowest BCUT2D eigenvalue weighted by Gasteiger charge is -2.29. The van der Waals surface area contributed by atoms with Crippen LogP contribution in [0.25, 0.3) is 0 Å². The van der Waals surface area contributed by atoms with E-state index in [1.165, 1.54) is 16.7 Å². The van der Waals surface area contributed by atoms with Crippen molar-refractivity contribution >= 4 is 0 Å². The zero-order chi connectivity index (χ0) is 18.1. The molecule has 4 rings (SSSR count). The van der Waals surface area contributed by atoms with E-state index < -0.39 is 11.8 Å². The van der Waals surface area contributed by atoms with Crippen LogP contribution in [-0.2, 0) is 26.1 Å². The maximum absolute atomic E-state index is 12.9. The lowest BCUT2D eigenvalue weighted by Crippen LogP contribution is -2.30. The van der Waals surface area contributed by atoms with Gasteiger partial charge in [0.05, 0.1) is 12.5 Å². The zero-order valence-corrected chi connectivity index (χ0v) is 14.8. The number of hydrogen-bond acceptors (Lipinski definition) is 3. The first-order valence-corrected chi connectivity index (χ1v) is 9.16. The van der Waals surface area contributed by atoms with Crippen molar-refractivity contribution in [3.63, 3.8) is 0 Å². The average Bonchev–Trinajstić information content (AvgIpc) is 3.27. The molecule has 3 nitrogen and oxygen atoms in total. The van der Waals surface area contributed by atoms with Gasteiger partial charge in [0.15, 0.2) is 0 Å². The van der Waals surface area contributed by atoms with Gasteiger partial charge in [-0.05, 0) is 40.8 Å². The monoisotopic (exact) mass is 358 g/mol. The Balaban J connectivity index is 1.34. The van der Waals surface area contributed by atoms with Crippen LogP contribution in [0, 0.1) is 5.92 Å². The molecule has 26 heavy (non-hydrogen) atoms. The molecule has 2 aromatic rings. The van der Waals surface area contributed by atoms with Gasteiger partial charge in [-0.1, -0.05) is 30.3 Å². The molecule has 1 heterocycles. The summed E-state index contributed by atoms with van der Waals surface area (Å²) in [6.45, 7) is 3.47. The largest absolute Gasteiger partial charge is 0.493 e. The van der Waals surface area contributed by atoms with E-state index in [4.69, 9.17) is 10.5 Å². The Morgan fingerprint density at radius 2 is 1.81 bits per heavy atom. The van der Waals surface area contributed by atoms with Crippen LogP contribution < -0.4 is 10.5 Å². The fourth-order valence-corrected chi connectivity index (χ4v) is 3.50. The van der Waals surface area contributed by atoms with Crippen LogP contribution in [-0.4, -0.2) is 24.0 Å². The molecule has 2 aliphatic rings. The van der Waals surface area contributed by atoms with Crippen molar-refractivity contribution in [2.45, 2.75) is 38.4 Å². The predicted molar refractivity (Wildman–Crippen MR) is 97.1 cm³/mol. The summed E-state index contributed by atoms with van der Waals surface area (Å²) in [7, 11) is 0. The Hall–Kier alpha value is -1.98. The van der Waals surface area contributed by atoms with Gasteiger partial charge in [0, 0.05) is 32.6 Å². The summed E-state index contributed by atoms with van der Waals surface area (Å²) in [6, 6.07) is 14.4. The Labute approximate surface area is 152 Å². The molecule has 0 radical (unpaired) electrons. The summed E-state index contributed by atoms with van der Waals surface area (Å²) >= 11 is 0. The minimum Gasteiger partial charge on any atom is -0.493 e. The first-order chi connectivity index (χ1) is 12.5. The summed E-state index contributed by atoms with van der Waals surface area (Å²) in [5.41, 5.74) is 10.6. The van der Waals surface area contributed by atoms with Gasteiger partial charge >= 0.3 is 0 Å². The van der Waals surface area contributed by atoms with Crippen molar-refractivity contribution in [2.75, 3.05) is 13.2 Å². The molecule has 2 aromatic carbocycles. The number of ether oxygens (including phenoxy) is 1. The summed E-state index contributed by atoms with van der Waals surface area (Å²) in [5.74, 6) is -2.42. The van der Waals surface area contributed by atoms with Crippen molar-refractivity contribution in [1.82, 2.24) is 4.90 Å². The van der Waals surface area contributed by atoms with Crippen LogP contribution in [0.15, 0.2) is 42.5 Å². The number of fused-ring (bicyclic) bond motifs is 1. The third-order valence-electron chi connectivity index (χ3n) is 5.34. The first-order valence-electron chi connectivity index (χ1n) is 9.16. The second-order valence-electron chi connectivity index (χ2n) is 7.38. The molecule has 5 heteroatoms. The highest BCUT2D eigenvalue weighted by molar-refractivity contribution is 5.37. The number of hydrogen-bond donors (Lipinski definition) is 1. The molecule has 0 aromatic heterocycles. The third kappa shape index (κ3) is 3.89. The summed E-state index contributed by atoms with van der Waals surface area (Å²) in [4.78, 5) is 2.42. The number of alkyl halides is 2. The second-order valence-corrected chi connectivity index (χ2v) is 7.38. The van der Waals surface area contributed by atoms with E-state index in [1.807, 2.05) is 12.1 Å². The van der Waals surface area contributed by atoms with E-state index in [2.05, 4.69) is 35.2 Å². The lowest BCUT2D eigenvalue weighted by molar-refractivity contribution is 0.0856. The standard InChI is InChI=1S/C21H24F2N2O/c22-21(23)10-19(21)14-26-20-6-5-18-13-25(8-7-17(18)9-20)12-16-3-1-15(11-24)2-4-16/h1-6,9,19H,7-8,10-14,24H2. The highest BCUT2D eigenvalue weighted by Crippen LogP contribution is 2.48. The maximum atomic E-state index is 12.9. The fraction of sp³-hybridized carbons (Fsp3) is 0.429. The normalized spacial score (nSPS) is 21.3. The smallest absolute Gasteiger partial charge is 0.255 e.